The molecule has 2 unspecified atom stereocenters. The highest BCUT2D eigenvalue weighted by Gasteiger charge is 2.30. The third kappa shape index (κ3) is 9.19. The molecule has 0 aromatic heterocycles. The van der Waals surface area contributed by atoms with Crippen LogP contribution in [-0.2, 0) is 15.7 Å². The van der Waals surface area contributed by atoms with Gasteiger partial charge in [0.15, 0.2) is 5.96 Å². The van der Waals surface area contributed by atoms with Crippen molar-refractivity contribution in [3.8, 4) is 5.75 Å². The van der Waals surface area contributed by atoms with Gasteiger partial charge in [0.1, 0.15) is 18.5 Å². The second kappa shape index (κ2) is 12.6. The predicted octanol–water partition coefficient (Wildman–Crippen LogP) is 2.20. The summed E-state index contributed by atoms with van der Waals surface area (Å²) in [5, 5.41) is 16.3. The maximum atomic E-state index is 12.7. The van der Waals surface area contributed by atoms with E-state index in [1.165, 1.54) is 12.1 Å². The Morgan fingerprint density at radius 3 is 2.90 bits per heavy atom. The number of halogens is 3. The molecule has 3 N–H and O–H groups in total. The number of nitrogens with one attached hydrogen (secondary N) is 2. The van der Waals surface area contributed by atoms with Crippen LogP contribution in [0, 0.1) is 0 Å². The highest BCUT2D eigenvalue weighted by Crippen LogP contribution is 2.31. The average molecular weight is 433 g/mol. The molecule has 0 saturated carbocycles. The summed E-state index contributed by atoms with van der Waals surface area (Å²) < 4.78 is 54.4. The molecule has 2 atom stereocenters. The summed E-state index contributed by atoms with van der Waals surface area (Å²) in [5.74, 6) is 0.588. The van der Waals surface area contributed by atoms with Gasteiger partial charge in [0.05, 0.1) is 24.8 Å². The monoisotopic (exact) mass is 433 g/mol. The summed E-state index contributed by atoms with van der Waals surface area (Å²) in [6, 6.07) is 4.55. The third-order valence-electron chi connectivity index (χ3n) is 4.26. The number of alkyl halides is 3. The molecule has 1 heterocycles. The van der Waals surface area contributed by atoms with Gasteiger partial charge in [-0.2, -0.15) is 13.2 Å². The normalized spacial score (nSPS) is 18.3. The van der Waals surface area contributed by atoms with E-state index < -0.39 is 17.8 Å². The number of aliphatic hydroxyl groups excluding tert-OH is 1. The number of benzene rings is 1. The van der Waals surface area contributed by atoms with Crippen LogP contribution in [0.4, 0.5) is 13.2 Å². The summed E-state index contributed by atoms with van der Waals surface area (Å²) >= 11 is 0. The fourth-order valence-corrected chi connectivity index (χ4v) is 2.72. The molecule has 0 aliphatic carbocycles. The van der Waals surface area contributed by atoms with Gasteiger partial charge in [-0.1, -0.05) is 6.07 Å². The summed E-state index contributed by atoms with van der Waals surface area (Å²) in [4.78, 5) is 4.28. The molecular weight excluding hydrogens is 403 g/mol. The molecule has 10 heteroatoms. The van der Waals surface area contributed by atoms with Crippen molar-refractivity contribution >= 4 is 5.96 Å². The van der Waals surface area contributed by atoms with Gasteiger partial charge in [-0.05, 0) is 38.0 Å². The second-order valence-electron chi connectivity index (χ2n) is 6.85. The molecular formula is C20H30F3N3O4. The molecule has 2 rings (SSSR count). The van der Waals surface area contributed by atoms with E-state index in [0.717, 1.165) is 31.6 Å². The number of rotatable bonds is 11. The van der Waals surface area contributed by atoms with Crippen LogP contribution in [0.1, 0.15) is 25.3 Å². The second-order valence-corrected chi connectivity index (χ2v) is 6.85. The Hall–Kier alpha value is -2.04. The minimum Gasteiger partial charge on any atom is -0.491 e. The van der Waals surface area contributed by atoms with E-state index in [1.807, 2.05) is 6.92 Å². The van der Waals surface area contributed by atoms with E-state index in [1.54, 1.807) is 0 Å². The number of nitrogens with zero attached hydrogens (tertiary/aromatic N) is 1. The van der Waals surface area contributed by atoms with Gasteiger partial charge in [0.25, 0.3) is 0 Å². The fraction of sp³-hybridized carbons (Fsp3) is 0.650. The van der Waals surface area contributed by atoms with Crippen molar-refractivity contribution in [1.29, 1.82) is 0 Å². The molecule has 1 aliphatic rings. The summed E-state index contributed by atoms with van der Waals surface area (Å²) in [7, 11) is 0. The van der Waals surface area contributed by atoms with Crippen molar-refractivity contribution in [3.05, 3.63) is 29.8 Å². The Morgan fingerprint density at radius 1 is 1.37 bits per heavy atom. The predicted molar refractivity (Wildman–Crippen MR) is 107 cm³/mol. The third-order valence-corrected chi connectivity index (χ3v) is 4.26. The van der Waals surface area contributed by atoms with E-state index in [9.17, 15) is 18.3 Å². The molecule has 0 bridgehead atoms. The molecule has 0 spiro atoms. The summed E-state index contributed by atoms with van der Waals surface area (Å²) in [5.41, 5.74) is -0.796. The van der Waals surface area contributed by atoms with E-state index >= 15 is 0 Å². The Bertz CT molecular complexity index is 652. The Balaban J connectivity index is 1.69. The number of aliphatic imine (C=N–C) groups is 1. The number of hydrogen-bond donors (Lipinski definition) is 3. The van der Waals surface area contributed by atoms with Crippen LogP contribution in [0.25, 0.3) is 0 Å². The first-order valence-corrected chi connectivity index (χ1v) is 10.1. The van der Waals surface area contributed by atoms with Crippen LogP contribution in [0.3, 0.4) is 0 Å². The molecule has 1 aromatic rings. The van der Waals surface area contributed by atoms with E-state index in [-0.39, 0.29) is 25.0 Å². The van der Waals surface area contributed by atoms with Gasteiger partial charge in [0, 0.05) is 26.3 Å². The van der Waals surface area contributed by atoms with Crippen molar-refractivity contribution in [2.24, 2.45) is 4.99 Å². The first-order valence-electron chi connectivity index (χ1n) is 10.1. The first kappa shape index (κ1) is 24.2. The highest BCUT2D eigenvalue weighted by molar-refractivity contribution is 5.79. The highest BCUT2D eigenvalue weighted by atomic mass is 19.4. The molecule has 1 saturated heterocycles. The van der Waals surface area contributed by atoms with Crippen molar-refractivity contribution in [2.75, 3.05) is 46.1 Å². The lowest BCUT2D eigenvalue weighted by Crippen LogP contribution is -2.39. The van der Waals surface area contributed by atoms with Gasteiger partial charge in [-0.15, -0.1) is 0 Å². The van der Waals surface area contributed by atoms with Gasteiger partial charge in [-0.25, -0.2) is 0 Å². The zero-order valence-corrected chi connectivity index (χ0v) is 17.1. The average Bonchev–Trinajstić information content (AvgIpc) is 3.23. The van der Waals surface area contributed by atoms with Crippen LogP contribution in [-0.4, -0.2) is 69.3 Å². The van der Waals surface area contributed by atoms with Crippen molar-refractivity contribution in [1.82, 2.24) is 10.6 Å². The first-order chi connectivity index (χ1) is 14.4. The minimum absolute atomic E-state index is 0.0458. The largest absolute Gasteiger partial charge is 0.491 e. The molecule has 30 heavy (non-hydrogen) atoms. The quantitative estimate of drug-likeness (QED) is 0.282. The molecule has 1 fully saturated rings. The van der Waals surface area contributed by atoms with Gasteiger partial charge < -0.3 is 30.0 Å². The molecule has 7 nitrogen and oxygen atoms in total. The standard InChI is InChI=1S/C20H30F3N3O4/c1-2-24-19(25-8-4-9-29-18-7-10-28-14-18)26-12-16(27)13-30-17-6-3-5-15(11-17)20(21,22)23/h3,5-6,11,16,18,27H,2,4,7-10,12-14H2,1H3,(H2,24,25,26). The Kier molecular flexibility index (Phi) is 10.2. The number of aliphatic hydroxyl groups is 1. The molecule has 1 aliphatic heterocycles. The van der Waals surface area contributed by atoms with E-state index in [4.69, 9.17) is 14.2 Å². The maximum Gasteiger partial charge on any atom is 0.416 e. The topological polar surface area (TPSA) is 84.3 Å². The number of hydrogen-bond acceptors (Lipinski definition) is 5. The van der Waals surface area contributed by atoms with E-state index in [2.05, 4.69) is 15.6 Å². The number of guanidine groups is 1. The van der Waals surface area contributed by atoms with Gasteiger partial charge >= 0.3 is 6.18 Å². The molecule has 1 aromatic carbocycles. The Morgan fingerprint density at radius 2 is 2.20 bits per heavy atom. The van der Waals surface area contributed by atoms with Gasteiger partial charge in [0.2, 0.25) is 0 Å². The lowest BCUT2D eigenvalue weighted by atomic mass is 10.2. The zero-order valence-electron chi connectivity index (χ0n) is 17.1. The minimum atomic E-state index is -4.44. The summed E-state index contributed by atoms with van der Waals surface area (Å²) in [6.45, 7) is 5.12. The van der Waals surface area contributed by atoms with Crippen molar-refractivity contribution in [3.63, 3.8) is 0 Å². The van der Waals surface area contributed by atoms with Crippen LogP contribution >= 0.6 is 0 Å². The van der Waals surface area contributed by atoms with Crippen LogP contribution in [0.5, 0.6) is 5.75 Å². The van der Waals surface area contributed by atoms with Crippen LogP contribution in [0.15, 0.2) is 29.3 Å². The lowest BCUT2D eigenvalue weighted by molar-refractivity contribution is -0.137. The Labute approximate surface area is 174 Å². The summed E-state index contributed by atoms with van der Waals surface area (Å²) in [6.07, 6.45) is -3.50. The lowest BCUT2D eigenvalue weighted by Gasteiger charge is -2.15. The van der Waals surface area contributed by atoms with Crippen molar-refractivity contribution < 1.29 is 32.5 Å². The smallest absolute Gasteiger partial charge is 0.416 e. The SMILES string of the molecule is CCNC(=NCC(O)COc1cccc(C(F)(F)F)c1)NCCCOC1CCOC1. The zero-order chi connectivity index (χ0) is 21.8. The maximum absolute atomic E-state index is 12.7. The van der Waals surface area contributed by atoms with Crippen molar-refractivity contribution in [2.45, 2.75) is 38.1 Å². The number of ether oxygens (including phenoxy) is 3. The molecule has 0 radical (unpaired) electrons. The van der Waals surface area contributed by atoms with Gasteiger partial charge in [-0.3, -0.25) is 4.99 Å². The molecule has 170 valence electrons. The van der Waals surface area contributed by atoms with Crippen LogP contribution in [0.2, 0.25) is 0 Å². The van der Waals surface area contributed by atoms with E-state index in [0.29, 0.717) is 32.3 Å². The molecule has 0 amide bonds. The fourth-order valence-electron chi connectivity index (χ4n) is 2.72. The van der Waals surface area contributed by atoms with Crippen LogP contribution < -0.4 is 15.4 Å².